The van der Waals surface area contributed by atoms with Crippen molar-refractivity contribution >= 4 is 16.1 Å². The Balaban J connectivity index is 1.29. The summed E-state index contributed by atoms with van der Waals surface area (Å²) < 4.78 is 40.0. The summed E-state index contributed by atoms with van der Waals surface area (Å²) in [5.74, 6) is 1.23. The number of ether oxygens (including phenoxy) is 2. The Morgan fingerprint density at radius 2 is 1.91 bits per heavy atom. The summed E-state index contributed by atoms with van der Waals surface area (Å²) in [6.45, 7) is 0. The Kier molecular flexibility index (Phi) is 5.65. The van der Waals surface area contributed by atoms with Crippen molar-refractivity contribution in [2.45, 2.75) is 31.4 Å². The molecule has 2 aliphatic rings. The maximum absolute atomic E-state index is 11.7. The highest BCUT2D eigenvalue weighted by molar-refractivity contribution is 7.88. The van der Waals surface area contributed by atoms with Gasteiger partial charge in [0, 0.05) is 24.2 Å². The van der Waals surface area contributed by atoms with Gasteiger partial charge in [-0.15, -0.1) is 0 Å². The minimum atomic E-state index is -3.83. The molecule has 1 unspecified atom stereocenters. The first-order valence-electron chi connectivity index (χ1n) is 10.7. The smallest absolute Gasteiger partial charge is 0.301 e. The highest BCUT2D eigenvalue weighted by Gasteiger charge is 2.30. The molecule has 1 aliphatic carbocycles. The lowest BCUT2D eigenvalue weighted by Gasteiger charge is -2.24. The van der Waals surface area contributed by atoms with E-state index in [0.29, 0.717) is 28.5 Å². The third-order valence-corrected chi connectivity index (χ3v) is 6.84. The van der Waals surface area contributed by atoms with Crippen molar-refractivity contribution in [3.63, 3.8) is 0 Å². The summed E-state index contributed by atoms with van der Waals surface area (Å²) in [6.07, 6.45) is 2.91. The lowest BCUT2D eigenvalue weighted by atomic mass is 10.0. The molecule has 3 aromatic rings. The van der Waals surface area contributed by atoms with E-state index in [4.69, 9.17) is 14.7 Å². The summed E-state index contributed by atoms with van der Waals surface area (Å²) >= 11 is 0. The second-order valence-corrected chi connectivity index (χ2v) is 9.49. The predicted octanol–water partition coefficient (Wildman–Crippen LogP) is 3.21. The first kappa shape index (κ1) is 21.9. The number of fused-ring (bicyclic) bond motifs is 1. The SMILES string of the molecule is N#Cc1ccc(Oc2cccc3c2CC[C@H]3Oc2ccc(C3CC(=O)NS(=O)(=O)N3)cc2)nc1. The zero-order valence-corrected chi connectivity index (χ0v) is 18.7. The molecule has 0 spiro atoms. The van der Waals surface area contributed by atoms with Crippen molar-refractivity contribution in [3.8, 4) is 23.4 Å². The van der Waals surface area contributed by atoms with Gasteiger partial charge in [-0.05, 0) is 48.2 Å². The second kappa shape index (κ2) is 8.78. The van der Waals surface area contributed by atoms with Crippen LogP contribution < -0.4 is 18.9 Å². The van der Waals surface area contributed by atoms with Gasteiger partial charge in [0.15, 0.2) is 0 Å². The average molecular weight is 477 g/mol. The molecule has 0 bridgehead atoms. The average Bonchev–Trinajstić information content (AvgIpc) is 3.22. The molecular formula is C24H20N4O5S. The van der Waals surface area contributed by atoms with Crippen molar-refractivity contribution in [1.29, 1.82) is 5.26 Å². The molecule has 34 heavy (non-hydrogen) atoms. The maximum Gasteiger partial charge on any atom is 0.301 e. The summed E-state index contributed by atoms with van der Waals surface area (Å²) in [7, 11) is -3.83. The maximum atomic E-state index is 11.7. The van der Waals surface area contributed by atoms with Gasteiger partial charge in [-0.2, -0.15) is 18.4 Å². The third-order valence-electron chi connectivity index (χ3n) is 5.75. The Morgan fingerprint density at radius 3 is 2.62 bits per heavy atom. The number of carbonyl (C=O) groups is 1. The molecule has 1 amide bonds. The molecular weight excluding hydrogens is 456 g/mol. The molecule has 2 atom stereocenters. The fourth-order valence-corrected chi connectivity index (χ4v) is 5.22. The molecule has 1 aromatic heterocycles. The van der Waals surface area contributed by atoms with Gasteiger partial charge in [0.1, 0.15) is 23.7 Å². The number of nitrogens with zero attached hydrogens (tertiary/aromatic N) is 2. The number of hydrogen-bond donors (Lipinski definition) is 2. The van der Waals surface area contributed by atoms with E-state index in [1.807, 2.05) is 29.0 Å². The molecule has 1 aliphatic heterocycles. The molecule has 2 N–H and O–H groups in total. The number of benzene rings is 2. The predicted molar refractivity (Wildman–Crippen MR) is 121 cm³/mol. The summed E-state index contributed by atoms with van der Waals surface area (Å²) in [5, 5.41) is 8.92. The van der Waals surface area contributed by atoms with Gasteiger partial charge < -0.3 is 9.47 Å². The zero-order valence-electron chi connectivity index (χ0n) is 17.9. The molecule has 1 fully saturated rings. The van der Waals surface area contributed by atoms with Crippen LogP contribution in [0.5, 0.6) is 17.4 Å². The molecule has 2 heterocycles. The largest absolute Gasteiger partial charge is 0.486 e. The number of aromatic nitrogens is 1. The van der Waals surface area contributed by atoms with Crippen molar-refractivity contribution in [2.24, 2.45) is 0 Å². The molecule has 10 heteroatoms. The van der Waals surface area contributed by atoms with Gasteiger partial charge in [0.2, 0.25) is 11.8 Å². The molecule has 0 saturated carbocycles. The summed E-state index contributed by atoms with van der Waals surface area (Å²) in [5.41, 5.74) is 3.24. The third kappa shape index (κ3) is 4.57. The van der Waals surface area contributed by atoms with Gasteiger partial charge >= 0.3 is 10.2 Å². The highest BCUT2D eigenvalue weighted by Crippen LogP contribution is 2.40. The minimum absolute atomic E-state index is 0.0340. The van der Waals surface area contributed by atoms with Crippen molar-refractivity contribution < 1.29 is 22.7 Å². The topological polar surface area (TPSA) is 130 Å². The number of hydrogen-bond acceptors (Lipinski definition) is 7. The van der Waals surface area contributed by atoms with E-state index in [1.165, 1.54) is 6.20 Å². The van der Waals surface area contributed by atoms with Gasteiger partial charge in [0.05, 0.1) is 11.6 Å². The standard InChI is InChI=1S/C24H20N4O5S/c25-13-15-4-11-24(26-14-15)33-21-3-1-2-18-19(21)9-10-22(18)32-17-7-5-16(6-8-17)20-12-23(29)28-34(30,31)27-20/h1-8,11,14,20,22,27H,9-10,12H2,(H,28,29)/t20?,22-/m1/s1. The van der Waals surface area contributed by atoms with E-state index in [-0.39, 0.29) is 12.5 Å². The molecule has 1 saturated heterocycles. The van der Waals surface area contributed by atoms with Crippen LogP contribution in [-0.4, -0.2) is 19.3 Å². The van der Waals surface area contributed by atoms with Crippen LogP contribution in [0.15, 0.2) is 60.8 Å². The summed E-state index contributed by atoms with van der Waals surface area (Å²) in [4.78, 5) is 15.8. The van der Waals surface area contributed by atoms with Crippen LogP contribution in [0.2, 0.25) is 0 Å². The second-order valence-electron chi connectivity index (χ2n) is 8.04. The van der Waals surface area contributed by atoms with Crippen molar-refractivity contribution in [2.75, 3.05) is 0 Å². The van der Waals surface area contributed by atoms with E-state index in [0.717, 1.165) is 24.0 Å². The molecule has 9 nitrogen and oxygen atoms in total. The van der Waals surface area contributed by atoms with Crippen LogP contribution in [0.4, 0.5) is 0 Å². The monoisotopic (exact) mass is 476 g/mol. The van der Waals surface area contributed by atoms with Crippen molar-refractivity contribution in [1.82, 2.24) is 14.4 Å². The van der Waals surface area contributed by atoms with Crippen LogP contribution in [-0.2, 0) is 21.4 Å². The Bertz CT molecular complexity index is 1380. The van der Waals surface area contributed by atoms with E-state index in [2.05, 4.69) is 9.71 Å². The number of pyridine rings is 1. The zero-order chi connectivity index (χ0) is 23.7. The van der Waals surface area contributed by atoms with E-state index < -0.39 is 22.2 Å². The van der Waals surface area contributed by atoms with E-state index >= 15 is 0 Å². The van der Waals surface area contributed by atoms with E-state index in [1.54, 1.807) is 36.4 Å². The fraction of sp³-hybridized carbons (Fsp3) is 0.208. The lowest BCUT2D eigenvalue weighted by molar-refractivity contribution is -0.120. The summed E-state index contributed by atoms with van der Waals surface area (Å²) in [6, 6.07) is 17.6. The van der Waals surface area contributed by atoms with Gasteiger partial charge in [-0.25, -0.2) is 9.71 Å². The molecule has 0 radical (unpaired) electrons. The number of carbonyl (C=O) groups excluding carboxylic acids is 1. The van der Waals surface area contributed by atoms with Crippen LogP contribution in [0, 0.1) is 11.3 Å². The van der Waals surface area contributed by atoms with E-state index in [9.17, 15) is 13.2 Å². The minimum Gasteiger partial charge on any atom is -0.486 e. The van der Waals surface area contributed by atoms with Crippen LogP contribution in [0.1, 0.15) is 47.2 Å². The van der Waals surface area contributed by atoms with Gasteiger partial charge in [-0.3, -0.25) is 4.79 Å². The highest BCUT2D eigenvalue weighted by atomic mass is 32.2. The van der Waals surface area contributed by atoms with Crippen LogP contribution in [0.25, 0.3) is 0 Å². The van der Waals surface area contributed by atoms with Crippen LogP contribution >= 0.6 is 0 Å². The Hall–Kier alpha value is -3.94. The number of nitrogens with one attached hydrogen (secondary N) is 2. The Morgan fingerprint density at radius 1 is 1.09 bits per heavy atom. The lowest BCUT2D eigenvalue weighted by Crippen LogP contribution is -2.48. The first-order valence-corrected chi connectivity index (χ1v) is 12.1. The number of nitriles is 1. The van der Waals surface area contributed by atoms with Crippen molar-refractivity contribution in [3.05, 3.63) is 83.0 Å². The van der Waals surface area contributed by atoms with Gasteiger partial charge in [0.25, 0.3) is 0 Å². The Labute approximate surface area is 196 Å². The molecule has 172 valence electrons. The normalized spacial score (nSPS) is 20.6. The van der Waals surface area contributed by atoms with Crippen LogP contribution in [0.3, 0.4) is 0 Å². The molecule has 2 aromatic carbocycles. The number of amides is 1. The fourth-order valence-electron chi connectivity index (χ4n) is 4.18. The number of rotatable bonds is 5. The first-order chi connectivity index (χ1) is 16.4. The quantitative estimate of drug-likeness (QED) is 0.578. The molecule has 5 rings (SSSR count). The van der Waals surface area contributed by atoms with Gasteiger partial charge in [-0.1, -0.05) is 24.3 Å².